The summed E-state index contributed by atoms with van der Waals surface area (Å²) < 4.78 is 0. The number of nitrogens with zero attached hydrogens (tertiary/aromatic N) is 1. The molecule has 2 rings (SSSR count). The Morgan fingerprint density at radius 1 is 1.05 bits per heavy atom. The third kappa shape index (κ3) is 4.69. The zero-order chi connectivity index (χ0) is 16.2. The molecule has 0 aromatic carbocycles. The normalized spacial score (nSPS) is 27.1. The molecule has 22 heavy (non-hydrogen) atoms. The Labute approximate surface area is 139 Å². The monoisotopic (exact) mass is 312 g/mol. The van der Waals surface area contributed by atoms with Gasteiger partial charge in [0.1, 0.15) is 0 Å². The van der Waals surface area contributed by atoms with Crippen molar-refractivity contribution in [3.8, 4) is 0 Å². The Morgan fingerprint density at radius 2 is 1.64 bits per heavy atom. The molecule has 1 saturated heterocycles. The van der Waals surface area contributed by atoms with Crippen molar-refractivity contribution in [2.75, 3.05) is 6.54 Å². The van der Waals surface area contributed by atoms with Crippen molar-refractivity contribution in [2.45, 2.75) is 116 Å². The van der Waals surface area contributed by atoms with E-state index in [2.05, 4.69) is 45.0 Å². The highest BCUT2D eigenvalue weighted by atomic mass is 16.7. The molecule has 2 aliphatic rings. The molecule has 0 bridgehead atoms. The zero-order valence-electron chi connectivity index (χ0n) is 15.6. The molecule has 0 atom stereocenters. The van der Waals surface area contributed by atoms with E-state index in [4.69, 9.17) is 4.84 Å². The van der Waals surface area contributed by atoms with Crippen molar-refractivity contribution in [1.29, 1.82) is 0 Å². The molecule has 1 aliphatic carbocycles. The molecule has 3 heteroatoms. The largest absolute Gasteiger partial charge is 0.314 e. The van der Waals surface area contributed by atoms with Gasteiger partial charge in [0, 0.05) is 18.5 Å². The summed E-state index contributed by atoms with van der Waals surface area (Å²) in [6.07, 6.45) is 11.9. The van der Waals surface area contributed by atoms with E-state index in [0.717, 1.165) is 6.54 Å². The van der Waals surface area contributed by atoms with Crippen LogP contribution in [0.5, 0.6) is 0 Å². The average molecular weight is 313 g/mol. The molecule has 0 unspecified atom stereocenters. The molecule has 0 aromatic heterocycles. The van der Waals surface area contributed by atoms with Crippen LogP contribution in [0.3, 0.4) is 0 Å². The molecule has 0 aromatic rings. The first-order chi connectivity index (χ1) is 10.3. The number of nitrogens with one attached hydrogen (secondary N) is 1. The molecular formula is C19H40N2O. The minimum absolute atomic E-state index is 0. The molecule has 0 radical (unpaired) electrons. The van der Waals surface area contributed by atoms with Crippen LogP contribution in [0.2, 0.25) is 0 Å². The van der Waals surface area contributed by atoms with Crippen LogP contribution in [0.25, 0.3) is 0 Å². The van der Waals surface area contributed by atoms with Gasteiger partial charge >= 0.3 is 0 Å². The fourth-order valence-corrected chi connectivity index (χ4v) is 4.50. The Morgan fingerprint density at radius 3 is 2.18 bits per heavy atom. The highest BCUT2D eigenvalue weighted by Crippen LogP contribution is 2.40. The van der Waals surface area contributed by atoms with E-state index in [1.54, 1.807) is 0 Å². The van der Waals surface area contributed by atoms with Crippen LogP contribution in [0.1, 0.15) is 93.8 Å². The summed E-state index contributed by atoms with van der Waals surface area (Å²) in [4.78, 5) is 6.54. The highest BCUT2D eigenvalue weighted by Gasteiger charge is 2.47. The summed E-state index contributed by atoms with van der Waals surface area (Å²) in [5.74, 6) is 0. The van der Waals surface area contributed by atoms with Gasteiger partial charge in [0.2, 0.25) is 0 Å². The van der Waals surface area contributed by atoms with Crippen molar-refractivity contribution in [1.82, 2.24) is 10.4 Å². The van der Waals surface area contributed by atoms with Crippen LogP contribution in [0, 0.1) is 0 Å². The lowest BCUT2D eigenvalue weighted by Gasteiger charge is -2.55. The maximum atomic E-state index is 6.54. The fourth-order valence-electron chi connectivity index (χ4n) is 4.50. The predicted molar refractivity (Wildman–Crippen MR) is 96.0 cm³/mol. The van der Waals surface area contributed by atoms with Gasteiger partial charge in [0.25, 0.3) is 0 Å². The molecule has 2 fully saturated rings. The van der Waals surface area contributed by atoms with E-state index in [0.29, 0.717) is 12.1 Å². The highest BCUT2D eigenvalue weighted by molar-refractivity contribution is 4.99. The standard InChI is InChI=1S/C19H38N2O.H2/c1-6-7-13-20-16-14-18(2,3)21(19(4,5)15-16)22-17-11-9-8-10-12-17;/h16-17,20H,6-15H2,1-5H3;1H. The van der Waals surface area contributed by atoms with Gasteiger partial charge in [0.15, 0.2) is 0 Å². The lowest BCUT2D eigenvalue weighted by molar-refractivity contribution is -0.310. The molecule has 0 spiro atoms. The summed E-state index contributed by atoms with van der Waals surface area (Å²) in [6.45, 7) is 12.8. The van der Waals surface area contributed by atoms with Crippen molar-refractivity contribution in [2.24, 2.45) is 0 Å². The van der Waals surface area contributed by atoms with Crippen LogP contribution >= 0.6 is 0 Å². The van der Waals surface area contributed by atoms with E-state index in [1.165, 1.54) is 57.8 Å². The molecule has 1 N–H and O–H groups in total. The SMILES string of the molecule is CCCCNC1CC(C)(C)N(OC2CCCCC2)C(C)(C)C1.[HH]. The van der Waals surface area contributed by atoms with Crippen molar-refractivity contribution >= 4 is 0 Å². The maximum absolute atomic E-state index is 6.54. The van der Waals surface area contributed by atoms with E-state index in [1.807, 2.05) is 0 Å². The molecule has 132 valence electrons. The molecule has 1 aliphatic heterocycles. The molecule has 1 heterocycles. The second kappa shape index (κ2) is 7.63. The molecule has 0 amide bonds. The minimum atomic E-state index is 0. The van der Waals surface area contributed by atoms with Gasteiger partial charge in [0.05, 0.1) is 6.10 Å². The van der Waals surface area contributed by atoms with Crippen LogP contribution in [-0.2, 0) is 4.84 Å². The Balaban J connectivity index is 0.00000264. The lowest BCUT2D eigenvalue weighted by Crippen LogP contribution is -2.64. The molecular weight excluding hydrogens is 272 g/mol. The lowest BCUT2D eigenvalue weighted by atomic mass is 9.79. The number of hydroxylamine groups is 2. The molecule has 1 saturated carbocycles. The van der Waals surface area contributed by atoms with Crippen LogP contribution in [0.15, 0.2) is 0 Å². The smallest absolute Gasteiger partial charge is 0.0793 e. The predicted octanol–water partition coefficient (Wildman–Crippen LogP) is 4.91. The molecule has 3 nitrogen and oxygen atoms in total. The fraction of sp³-hybridized carbons (Fsp3) is 1.00. The minimum Gasteiger partial charge on any atom is -0.314 e. The summed E-state index contributed by atoms with van der Waals surface area (Å²) in [5, 5.41) is 6.13. The maximum Gasteiger partial charge on any atom is 0.0793 e. The number of unbranched alkanes of at least 4 members (excludes halogenated alkanes) is 1. The van der Waals surface area contributed by atoms with E-state index < -0.39 is 0 Å². The summed E-state index contributed by atoms with van der Waals surface area (Å²) >= 11 is 0. The Bertz CT molecular complexity index is 322. The average Bonchev–Trinajstić information content (AvgIpc) is 2.44. The first-order valence-corrected chi connectivity index (χ1v) is 9.55. The van der Waals surface area contributed by atoms with Crippen LogP contribution < -0.4 is 5.32 Å². The number of piperidine rings is 1. The summed E-state index contributed by atoms with van der Waals surface area (Å²) in [6, 6.07) is 0.614. The topological polar surface area (TPSA) is 24.5 Å². The third-order valence-corrected chi connectivity index (χ3v) is 5.36. The van der Waals surface area contributed by atoms with Crippen molar-refractivity contribution < 1.29 is 6.26 Å². The number of hydrogen-bond acceptors (Lipinski definition) is 3. The number of hydrogen-bond donors (Lipinski definition) is 1. The van der Waals surface area contributed by atoms with E-state index in [-0.39, 0.29) is 12.5 Å². The second-order valence-corrected chi connectivity index (χ2v) is 8.70. The zero-order valence-corrected chi connectivity index (χ0v) is 15.6. The van der Waals surface area contributed by atoms with Crippen molar-refractivity contribution in [3.63, 3.8) is 0 Å². The number of rotatable bonds is 6. The van der Waals surface area contributed by atoms with Gasteiger partial charge in [-0.25, -0.2) is 0 Å². The first-order valence-electron chi connectivity index (χ1n) is 9.55. The quantitative estimate of drug-likeness (QED) is 0.705. The Hall–Kier alpha value is -0.120. The van der Waals surface area contributed by atoms with Crippen LogP contribution in [0.4, 0.5) is 0 Å². The van der Waals surface area contributed by atoms with Gasteiger partial charge in [-0.05, 0) is 66.3 Å². The van der Waals surface area contributed by atoms with Crippen molar-refractivity contribution in [3.05, 3.63) is 0 Å². The third-order valence-electron chi connectivity index (χ3n) is 5.36. The van der Waals surface area contributed by atoms with Crippen LogP contribution in [-0.4, -0.2) is 34.8 Å². The summed E-state index contributed by atoms with van der Waals surface area (Å²) in [7, 11) is 0. The Kier molecular flexibility index (Phi) is 6.32. The van der Waals surface area contributed by atoms with Gasteiger partial charge < -0.3 is 5.32 Å². The van der Waals surface area contributed by atoms with Gasteiger partial charge in [-0.1, -0.05) is 32.6 Å². The van der Waals surface area contributed by atoms with Gasteiger partial charge in [-0.3, -0.25) is 4.84 Å². The van der Waals surface area contributed by atoms with Gasteiger partial charge in [-0.2, -0.15) is 5.06 Å². The van der Waals surface area contributed by atoms with E-state index in [9.17, 15) is 0 Å². The second-order valence-electron chi connectivity index (χ2n) is 8.70. The first kappa shape index (κ1) is 18.2. The summed E-state index contributed by atoms with van der Waals surface area (Å²) in [5.41, 5.74) is 0.201. The van der Waals surface area contributed by atoms with E-state index >= 15 is 0 Å². The van der Waals surface area contributed by atoms with Gasteiger partial charge in [-0.15, -0.1) is 0 Å².